The van der Waals surface area contributed by atoms with Gasteiger partial charge in [0.1, 0.15) is 0 Å². The van der Waals surface area contributed by atoms with E-state index in [0.29, 0.717) is 5.13 Å². The molecule has 0 bridgehead atoms. The number of aromatic nitrogens is 1. The largest absolute Gasteiger partial charge is 1.00 e. The van der Waals surface area contributed by atoms with Crippen LogP contribution in [0.4, 0.5) is 5.13 Å². The number of hydrogen-bond donors (Lipinski definition) is 1. The Labute approximate surface area is 139 Å². The number of amides is 1. The van der Waals surface area contributed by atoms with Gasteiger partial charge in [0.15, 0.2) is 5.13 Å². The van der Waals surface area contributed by atoms with E-state index in [2.05, 4.69) is 15.2 Å². The third-order valence-electron chi connectivity index (χ3n) is 3.04. The maximum absolute atomic E-state index is 10.9. The van der Waals surface area contributed by atoms with Crippen LogP contribution in [-0.4, -0.2) is 34.8 Å². The minimum atomic E-state index is -1.11. The molecule has 0 unspecified atom stereocenters. The Kier molecular flexibility index (Phi) is 7.12. The second-order valence-corrected chi connectivity index (χ2v) is 5.83. The van der Waals surface area contributed by atoms with Gasteiger partial charge in [-0.2, -0.15) is 0 Å². The fourth-order valence-electron chi connectivity index (χ4n) is 2.12. The van der Waals surface area contributed by atoms with Crippen molar-refractivity contribution in [1.29, 1.82) is 0 Å². The zero-order chi connectivity index (χ0) is 14.5. The number of carboxylic acid groups (broad SMARTS) is 1. The molecule has 0 saturated carbocycles. The average Bonchev–Trinajstić information content (AvgIpc) is 2.77. The van der Waals surface area contributed by atoms with Gasteiger partial charge < -0.3 is 15.2 Å². The van der Waals surface area contributed by atoms with Crippen molar-refractivity contribution in [2.75, 3.05) is 18.4 Å². The summed E-state index contributed by atoms with van der Waals surface area (Å²) in [6, 6.07) is 0. The van der Waals surface area contributed by atoms with Crippen LogP contribution in [0.15, 0.2) is 17.8 Å². The standard InChI is InChI=1S/C13H17N3O3S.Li/c1-9(17)15-13-14-7-11(20-13)8-16-4-2-10(3-5-16)6-12(18)19;/h6-7H,2-5,8H2,1H3,(H,18,19)(H,14,15,17);/q;+1/p-1. The van der Waals surface area contributed by atoms with E-state index in [1.54, 1.807) is 6.20 Å². The first-order valence-electron chi connectivity index (χ1n) is 6.38. The van der Waals surface area contributed by atoms with Crippen molar-refractivity contribution in [2.45, 2.75) is 26.3 Å². The minimum Gasteiger partial charge on any atom is -0.545 e. The van der Waals surface area contributed by atoms with E-state index < -0.39 is 5.97 Å². The first kappa shape index (κ1) is 17.9. The molecule has 1 aromatic heterocycles. The van der Waals surface area contributed by atoms with Crippen LogP contribution < -0.4 is 29.3 Å². The monoisotopic (exact) mass is 301 g/mol. The van der Waals surface area contributed by atoms with Gasteiger partial charge in [0.05, 0.1) is 5.97 Å². The quantitative estimate of drug-likeness (QED) is 0.486. The van der Waals surface area contributed by atoms with E-state index in [-0.39, 0.29) is 24.8 Å². The van der Waals surface area contributed by atoms with Gasteiger partial charge in [-0.05, 0) is 18.9 Å². The van der Waals surface area contributed by atoms with E-state index in [1.807, 2.05) is 0 Å². The molecule has 2 heterocycles. The zero-order valence-electron chi connectivity index (χ0n) is 12.2. The number of nitrogens with one attached hydrogen (secondary N) is 1. The summed E-state index contributed by atoms with van der Waals surface area (Å²) in [4.78, 5) is 28.9. The van der Waals surface area contributed by atoms with Gasteiger partial charge in [-0.15, -0.1) is 11.3 Å². The first-order chi connectivity index (χ1) is 9.52. The number of carbonyl (C=O) groups excluding carboxylic acids is 2. The number of piperidine rings is 1. The SMILES string of the molecule is CC(=O)Nc1ncc(CN2CCC(=CC(=O)[O-])CC2)s1.[Li+]. The molecule has 6 nitrogen and oxygen atoms in total. The van der Waals surface area contributed by atoms with E-state index >= 15 is 0 Å². The molecule has 0 spiro atoms. The fourth-order valence-corrected chi connectivity index (χ4v) is 3.02. The van der Waals surface area contributed by atoms with Gasteiger partial charge in [-0.1, -0.05) is 5.57 Å². The smallest absolute Gasteiger partial charge is 0.545 e. The molecule has 1 amide bonds. The number of carboxylic acids is 1. The molecule has 2 rings (SSSR count). The number of hydrogen-bond acceptors (Lipinski definition) is 6. The predicted octanol–water partition coefficient (Wildman–Crippen LogP) is -2.62. The van der Waals surface area contributed by atoms with Gasteiger partial charge in [0, 0.05) is 37.6 Å². The normalized spacial score (nSPS) is 15.2. The number of aliphatic carboxylic acids is 1. The van der Waals surface area contributed by atoms with E-state index in [4.69, 9.17) is 0 Å². The van der Waals surface area contributed by atoms with Crippen LogP contribution >= 0.6 is 11.3 Å². The molecule has 1 N–H and O–H groups in total. The Bertz CT molecular complexity index is 535. The van der Waals surface area contributed by atoms with Crippen molar-refractivity contribution in [3.05, 3.63) is 22.7 Å². The Morgan fingerprint density at radius 1 is 1.48 bits per heavy atom. The van der Waals surface area contributed by atoms with Crippen molar-refractivity contribution < 1.29 is 33.6 Å². The Morgan fingerprint density at radius 2 is 2.14 bits per heavy atom. The molecule has 1 fully saturated rings. The van der Waals surface area contributed by atoms with Crippen molar-refractivity contribution in [3.63, 3.8) is 0 Å². The molecule has 1 aromatic rings. The molecular formula is C13H16LiN3O3S. The van der Waals surface area contributed by atoms with Crippen molar-refractivity contribution >= 4 is 28.3 Å². The summed E-state index contributed by atoms with van der Waals surface area (Å²) >= 11 is 1.46. The van der Waals surface area contributed by atoms with E-state index in [0.717, 1.165) is 42.9 Å². The Balaban J connectivity index is 0.00000220. The molecule has 1 aliphatic rings. The Morgan fingerprint density at radius 3 is 2.71 bits per heavy atom. The van der Waals surface area contributed by atoms with Crippen LogP contribution in [0.5, 0.6) is 0 Å². The van der Waals surface area contributed by atoms with Gasteiger partial charge >= 0.3 is 18.9 Å². The van der Waals surface area contributed by atoms with Crippen LogP contribution in [0.2, 0.25) is 0 Å². The molecular weight excluding hydrogens is 285 g/mol. The van der Waals surface area contributed by atoms with Crippen LogP contribution in [0, 0.1) is 0 Å². The summed E-state index contributed by atoms with van der Waals surface area (Å²) in [5.41, 5.74) is 0.935. The molecule has 0 aromatic carbocycles. The summed E-state index contributed by atoms with van der Waals surface area (Å²) in [5, 5.41) is 13.8. The minimum absolute atomic E-state index is 0. The van der Waals surface area contributed by atoms with E-state index in [9.17, 15) is 14.7 Å². The van der Waals surface area contributed by atoms with E-state index in [1.165, 1.54) is 24.3 Å². The summed E-state index contributed by atoms with van der Waals surface area (Å²) < 4.78 is 0. The van der Waals surface area contributed by atoms with Crippen LogP contribution in [-0.2, 0) is 16.1 Å². The summed E-state index contributed by atoms with van der Waals surface area (Å²) in [7, 11) is 0. The number of anilines is 1. The second kappa shape index (κ2) is 8.34. The van der Waals surface area contributed by atoms with Gasteiger partial charge in [-0.3, -0.25) is 9.69 Å². The third kappa shape index (κ3) is 6.02. The molecule has 0 atom stereocenters. The molecule has 21 heavy (non-hydrogen) atoms. The van der Waals surface area contributed by atoms with Crippen molar-refractivity contribution in [1.82, 2.24) is 9.88 Å². The molecule has 0 aliphatic carbocycles. The predicted molar refractivity (Wildman–Crippen MR) is 74.0 cm³/mol. The maximum atomic E-state index is 10.9. The molecule has 1 aliphatic heterocycles. The number of rotatable bonds is 4. The third-order valence-corrected chi connectivity index (χ3v) is 3.93. The van der Waals surface area contributed by atoms with Crippen molar-refractivity contribution in [2.24, 2.45) is 0 Å². The molecule has 1 saturated heterocycles. The molecule has 8 heteroatoms. The van der Waals surface area contributed by atoms with Crippen LogP contribution in [0.25, 0.3) is 0 Å². The van der Waals surface area contributed by atoms with Gasteiger partial charge in [-0.25, -0.2) is 4.98 Å². The summed E-state index contributed by atoms with van der Waals surface area (Å²) in [6.07, 6.45) is 4.48. The Hall–Kier alpha value is -1.13. The first-order valence-corrected chi connectivity index (χ1v) is 7.19. The van der Waals surface area contributed by atoms with Crippen molar-refractivity contribution in [3.8, 4) is 0 Å². The summed E-state index contributed by atoms with van der Waals surface area (Å²) in [6.45, 7) is 3.88. The van der Waals surface area contributed by atoms with Crippen LogP contribution in [0.3, 0.4) is 0 Å². The van der Waals surface area contributed by atoms with Gasteiger partial charge in [0.25, 0.3) is 0 Å². The molecule has 108 valence electrons. The molecule has 0 radical (unpaired) electrons. The second-order valence-electron chi connectivity index (χ2n) is 4.71. The van der Waals surface area contributed by atoms with Gasteiger partial charge in [0.2, 0.25) is 5.91 Å². The van der Waals surface area contributed by atoms with Crippen LogP contribution in [0.1, 0.15) is 24.6 Å². The number of nitrogens with zero attached hydrogens (tertiary/aromatic N) is 2. The number of likely N-dealkylation sites (tertiary alicyclic amines) is 1. The number of thiazole rings is 1. The average molecular weight is 301 g/mol. The number of carbonyl (C=O) groups is 2. The zero-order valence-corrected chi connectivity index (χ0v) is 13.0. The fraction of sp³-hybridized carbons (Fsp3) is 0.462. The summed E-state index contributed by atoms with van der Waals surface area (Å²) in [5.74, 6) is -1.24. The maximum Gasteiger partial charge on any atom is 1.00 e. The topological polar surface area (TPSA) is 85.4 Å².